The number of hydrogen-bond donors (Lipinski definition) is 1. The van der Waals surface area contributed by atoms with E-state index in [1.165, 1.54) is 0 Å². The van der Waals surface area contributed by atoms with Crippen LogP contribution in [0.5, 0.6) is 0 Å². The lowest BCUT2D eigenvalue weighted by Gasteiger charge is -2.36. The molecule has 134 valence electrons. The van der Waals surface area contributed by atoms with Crippen molar-refractivity contribution < 1.29 is 9.66 Å². The maximum atomic E-state index is 11.0. The van der Waals surface area contributed by atoms with Crippen molar-refractivity contribution in [2.75, 3.05) is 38.2 Å². The molecule has 1 saturated heterocycles. The summed E-state index contributed by atoms with van der Waals surface area (Å²) in [5.41, 5.74) is 1.94. The number of aryl methyl sites for hydroxylation is 1. The van der Waals surface area contributed by atoms with Gasteiger partial charge in [0, 0.05) is 56.7 Å². The van der Waals surface area contributed by atoms with Gasteiger partial charge in [-0.3, -0.25) is 20.1 Å². The second-order valence-corrected chi connectivity index (χ2v) is 6.10. The van der Waals surface area contributed by atoms with E-state index in [1.807, 2.05) is 13.0 Å². The fourth-order valence-corrected chi connectivity index (χ4v) is 3.07. The molecule has 0 saturated carbocycles. The van der Waals surface area contributed by atoms with E-state index >= 15 is 0 Å². The van der Waals surface area contributed by atoms with Crippen LogP contribution in [-0.2, 0) is 17.9 Å². The molecule has 2 heterocycles. The molecule has 1 fully saturated rings. The number of methoxy groups -OCH3 is 1. The summed E-state index contributed by atoms with van der Waals surface area (Å²) in [5.74, 6) is 1.63. The first-order valence-electron chi connectivity index (χ1n) is 8.18. The van der Waals surface area contributed by atoms with Crippen LogP contribution in [-0.4, -0.2) is 58.3 Å². The maximum absolute atomic E-state index is 11.0. The van der Waals surface area contributed by atoms with Crippen LogP contribution in [0.1, 0.15) is 17.2 Å². The van der Waals surface area contributed by atoms with Crippen molar-refractivity contribution in [3.8, 4) is 0 Å². The summed E-state index contributed by atoms with van der Waals surface area (Å²) >= 11 is 0. The number of rotatable bonds is 6. The highest BCUT2D eigenvalue weighted by Crippen LogP contribution is 2.27. The van der Waals surface area contributed by atoms with Gasteiger partial charge >= 0.3 is 0 Å². The number of hydrogen-bond acceptors (Lipinski definition) is 7. The monoisotopic (exact) mass is 346 g/mol. The molecular weight excluding hydrogens is 324 g/mol. The first kappa shape index (κ1) is 17.3. The molecular formula is C16H22N6O3. The summed E-state index contributed by atoms with van der Waals surface area (Å²) in [6.07, 6.45) is 0. The lowest BCUT2D eigenvalue weighted by molar-refractivity contribution is -0.384. The van der Waals surface area contributed by atoms with E-state index in [2.05, 4.69) is 25.0 Å². The molecule has 25 heavy (non-hydrogen) atoms. The minimum absolute atomic E-state index is 0.0920. The Balaban J connectivity index is 1.66. The van der Waals surface area contributed by atoms with E-state index in [-0.39, 0.29) is 10.6 Å². The average Bonchev–Trinajstić information content (AvgIpc) is 3.01. The number of nitro groups is 1. The number of nitro benzene ring substituents is 1. The number of benzene rings is 1. The van der Waals surface area contributed by atoms with E-state index < -0.39 is 0 Å². The van der Waals surface area contributed by atoms with Crippen molar-refractivity contribution in [3.63, 3.8) is 0 Å². The lowest BCUT2D eigenvalue weighted by Crippen LogP contribution is -2.46. The zero-order valence-electron chi connectivity index (χ0n) is 14.4. The van der Waals surface area contributed by atoms with Gasteiger partial charge in [0.1, 0.15) is 5.82 Å². The van der Waals surface area contributed by atoms with Crippen LogP contribution in [0.25, 0.3) is 0 Å². The number of piperazine rings is 1. The van der Waals surface area contributed by atoms with Gasteiger partial charge in [0.25, 0.3) is 5.69 Å². The Hall–Kier alpha value is -2.52. The largest absolute Gasteiger partial charge is 0.380 e. The van der Waals surface area contributed by atoms with Gasteiger partial charge in [-0.05, 0) is 13.0 Å². The first-order chi connectivity index (χ1) is 12.1. The number of anilines is 1. The first-order valence-corrected chi connectivity index (χ1v) is 8.18. The number of nitrogens with zero attached hydrogens (tertiary/aromatic N) is 5. The van der Waals surface area contributed by atoms with Crippen LogP contribution in [0.4, 0.5) is 11.4 Å². The summed E-state index contributed by atoms with van der Waals surface area (Å²) in [7, 11) is 1.60. The van der Waals surface area contributed by atoms with E-state index in [0.717, 1.165) is 55.6 Å². The van der Waals surface area contributed by atoms with Gasteiger partial charge in [0.05, 0.1) is 18.1 Å². The van der Waals surface area contributed by atoms with Gasteiger partial charge in [-0.2, -0.15) is 5.10 Å². The molecule has 0 bridgehead atoms. The third-order valence-corrected chi connectivity index (χ3v) is 4.30. The fourth-order valence-electron chi connectivity index (χ4n) is 3.07. The minimum Gasteiger partial charge on any atom is -0.380 e. The second kappa shape index (κ2) is 7.58. The van der Waals surface area contributed by atoms with Crippen LogP contribution in [0.2, 0.25) is 0 Å². The second-order valence-electron chi connectivity index (χ2n) is 6.10. The molecule has 2 aromatic rings. The van der Waals surface area contributed by atoms with Gasteiger partial charge in [-0.15, -0.1) is 0 Å². The van der Waals surface area contributed by atoms with Crippen molar-refractivity contribution in [2.45, 2.75) is 20.1 Å². The molecule has 0 spiro atoms. The van der Waals surface area contributed by atoms with Crippen LogP contribution < -0.4 is 4.90 Å². The van der Waals surface area contributed by atoms with E-state index in [0.29, 0.717) is 6.61 Å². The SMILES string of the molecule is COCc1cc([N+](=O)[O-])ccc1N1CCN(Cc2n[nH]c(C)n2)CC1. The molecule has 9 nitrogen and oxygen atoms in total. The van der Waals surface area contributed by atoms with Crippen LogP contribution in [0.3, 0.4) is 0 Å². The zero-order chi connectivity index (χ0) is 17.8. The summed E-state index contributed by atoms with van der Waals surface area (Å²) in [6, 6.07) is 4.97. The highest BCUT2D eigenvalue weighted by molar-refractivity contribution is 5.58. The zero-order valence-corrected chi connectivity index (χ0v) is 14.4. The van der Waals surface area contributed by atoms with Crippen LogP contribution in [0.15, 0.2) is 18.2 Å². The van der Waals surface area contributed by atoms with E-state index in [4.69, 9.17) is 4.74 Å². The normalized spacial score (nSPS) is 15.5. The molecule has 1 aromatic heterocycles. The molecule has 0 amide bonds. The Morgan fingerprint density at radius 2 is 2.08 bits per heavy atom. The third kappa shape index (κ3) is 4.12. The molecule has 0 atom stereocenters. The van der Waals surface area contributed by atoms with Crippen molar-refractivity contribution in [3.05, 3.63) is 45.5 Å². The van der Waals surface area contributed by atoms with Crippen molar-refractivity contribution in [1.29, 1.82) is 0 Å². The molecule has 0 aliphatic carbocycles. The number of non-ortho nitro benzene ring substituents is 1. The average molecular weight is 346 g/mol. The number of aromatic nitrogens is 3. The topological polar surface area (TPSA) is 100 Å². The van der Waals surface area contributed by atoms with Crippen molar-refractivity contribution >= 4 is 11.4 Å². The van der Waals surface area contributed by atoms with Crippen LogP contribution in [0, 0.1) is 17.0 Å². The highest BCUT2D eigenvalue weighted by atomic mass is 16.6. The Morgan fingerprint density at radius 3 is 2.68 bits per heavy atom. The van der Waals surface area contributed by atoms with Gasteiger partial charge in [-0.1, -0.05) is 0 Å². The van der Waals surface area contributed by atoms with E-state index in [1.54, 1.807) is 19.2 Å². The van der Waals surface area contributed by atoms with Gasteiger partial charge < -0.3 is 9.64 Å². The maximum Gasteiger partial charge on any atom is 0.269 e. The molecule has 0 radical (unpaired) electrons. The molecule has 1 aromatic carbocycles. The Labute approximate surface area is 145 Å². The summed E-state index contributed by atoms with van der Waals surface area (Å²) in [4.78, 5) is 19.5. The van der Waals surface area contributed by atoms with E-state index in [9.17, 15) is 10.1 Å². The van der Waals surface area contributed by atoms with Crippen molar-refractivity contribution in [2.24, 2.45) is 0 Å². The molecule has 1 aliphatic heterocycles. The summed E-state index contributed by atoms with van der Waals surface area (Å²) < 4.78 is 5.22. The lowest BCUT2D eigenvalue weighted by atomic mass is 10.1. The van der Waals surface area contributed by atoms with Crippen LogP contribution >= 0.6 is 0 Å². The summed E-state index contributed by atoms with van der Waals surface area (Å²) in [6.45, 7) is 6.43. The highest BCUT2D eigenvalue weighted by Gasteiger charge is 2.21. The Morgan fingerprint density at radius 1 is 1.32 bits per heavy atom. The molecule has 3 rings (SSSR count). The Kier molecular flexibility index (Phi) is 5.25. The smallest absolute Gasteiger partial charge is 0.269 e. The quantitative estimate of drug-likeness (QED) is 0.624. The molecule has 0 unspecified atom stereocenters. The number of H-pyrrole nitrogens is 1. The minimum atomic E-state index is -0.375. The predicted molar refractivity (Wildman–Crippen MR) is 92.4 cm³/mol. The van der Waals surface area contributed by atoms with Crippen molar-refractivity contribution in [1.82, 2.24) is 20.1 Å². The standard InChI is InChI=1S/C16H22N6O3/c1-12-17-16(19-18-12)10-20-5-7-21(8-6-20)15-4-3-14(22(23)24)9-13(15)11-25-2/h3-4,9H,5-8,10-11H2,1-2H3,(H,17,18,19). The van der Waals surface area contributed by atoms with Gasteiger partial charge in [0.15, 0.2) is 5.82 Å². The predicted octanol–water partition coefficient (Wildman–Crippen LogP) is 1.49. The third-order valence-electron chi connectivity index (χ3n) is 4.30. The number of ether oxygens (including phenoxy) is 1. The Bertz CT molecular complexity index is 739. The molecule has 1 aliphatic rings. The molecule has 1 N–H and O–H groups in total. The number of aromatic amines is 1. The van der Waals surface area contributed by atoms with Gasteiger partial charge in [0.2, 0.25) is 0 Å². The fraction of sp³-hybridized carbons (Fsp3) is 0.500. The number of nitrogens with one attached hydrogen (secondary N) is 1. The summed E-state index contributed by atoms with van der Waals surface area (Å²) in [5, 5.41) is 18.0. The van der Waals surface area contributed by atoms with Gasteiger partial charge in [-0.25, -0.2) is 4.98 Å². The molecule has 9 heteroatoms.